The van der Waals surface area contributed by atoms with E-state index < -0.39 is 0 Å². The first kappa shape index (κ1) is 5.56. The molecular formula is C5H5N2S. The molecule has 0 unspecified atom stereocenters. The Bertz CT molecular complexity index is 152. The number of aromatic nitrogens is 2. The van der Waals surface area contributed by atoms with E-state index in [0.717, 1.165) is 5.03 Å². The smallest absolute Gasteiger partial charge is 0.114 e. The van der Waals surface area contributed by atoms with Crippen molar-refractivity contribution in [1.29, 1.82) is 0 Å². The lowest BCUT2D eigenvalue weighted by atomic mass is 10.8. The maximum Gasteiger partial charge on any atom is 0.114 e. The summed E-state index contributed by atoms with van der Waals surface area (Å²) in [6.45, 7) is 0. The zero-order chi connectivity index (χ0) is 5.82. The highest BCUT2D eigenvalue weighted by Crippen LogP contribution is 2.08. The van der Waals surface area contributed by atoms with Gasteiger partial charge in [-0.1, -0.05) is 0 Å². The van der Waals surface area contributed by atoms with Gasteiger partial charge < -0.3 is 0 Å². The molecule has 1 heterocycles. The van der Waals surface area contributed by atoms with Crippen LogP contribution in [0.3, 0.4) is 0 Å². The minimum atomic E-state index is 0.854. The molecule has 0 atom stereocenters. The molecule has 41 valence electrons. The van der Waals surface area contributed by atoms with Crippen LogP contribution in [0.15, 0.2) is 23.6 Å². The Balaban J connectivity index is 2.83. The molecule has 0 aliphatic rings. The Labute approximate surface area is 52.4 Å². The zero-order valence-electron chi connectivity index (χ0n) is 4.24. The van der Waals surface area contributed by atoms with Crippen molar-refractivity contribution < 1.29 is 0 Å². The summed E-state index contributed by atoms with van der Waals surface area (Å²) in [7, 11) is 0. The maximum absolute atomic E-state index is 3.94. The van der Waals surface area contributed by atoms with Crippen LogP contribution in [0.25, 0.3) is 0 Å². The standard InChI is InChI=1S/C5H5N2S/c1-8-5-4-6-2-3-7-5/h2-4H,1H2. The lowest BCUT2D eigenvalue weighted by Crippen LogP contribution is -1.75. The predicted molar refractivity (Wildman–Crippen MR) is 33.2 cm³/mol. The van der Waals surface area contributed by atoms with E-state index in [1.165, 1.54) is 11.8 Å². The van der Waals surface area contributed by atoms with Gasteiger partial charge in [-0.3, -0.25) is 4.98 Å². The van der Waals surface area contributed by atoms with Gasteiger partial charge in [0.2, 0.25) is 0 Å². The van der Waals surface area contributed by atoms with E-state index in [9.17, 15) is 0 Å². The average molecular weight is 125 g/mol. The molecule has 1 rings (SSSR count). The lowest BCUT2D eigenvalue weighted by Gasteiger charge is -1.87. The highest BCUT2D eigenvalue weighted by Gasteiger charge is 1.83. The molecule has 0 fully saturated rings. The molecule has 1 aromatic heterocycles. The summed E-state index contributed by atoms with van der Waals surface area (Å²) >= 11 is 1.35. The van der Waals surface area contributed by atoms with Crippen LogP contribution in [-0.4, -0.2) is 9.97 Å². The second kappa shape index (κ2) is 2.67. The van der Waals surface area contributed by atoms with Crippen molar-refractivity contribution in [3.8, 4) is 0 Å². The van der Waals surface area contributed by atoms with Crippen LogP contribution in [-0.2, 0) is 0 Å². The van der Waals surface area contributed by atoms with Gasteiger partial charge >= 0.3 is 0 Å². The van der Waals surface area contributed by atoms with Crippen LogP contribution in [0, 0.1) is 6.26 Å². The summed E-state index contributed by atoms with van der Waals surface area (Å²) < 4.78 is 0. The molecule has 0 spiro atoms. The van der Waals surface area contributed by atoms with Crippen LogP contribution < -0.4 is 0 Å². The van der Waals surface area contributed by atoms with Gasteiger partial charge in [-0.15, -0.1) is 11.8 Å². The molecule has 0 amide bonds. The van der Waals surface area contributed by atoms with Crippen LogP contribution in [0.1, 0.15) is 0 Å². The van der Waals surface area contributed by atoms with E-state index in [4.69, 9.17) is 0 Å². The Morgan fingerprint density at radius 2 is 2.38 bits per heavy atom. The predicted octanol–water partition coefficient (Wildman–Crippen LogP) is 1.36. The first-order valence-electron chi connectivity index (χ1n) is 2.11. The van der Waals surface area contributed by atoms with E-state index in [1.807, 2.05) is 0 Å². The van der Waals surface area contributed by atoms with Crippen molar-refractivity contribution in [3.63, 3.8) is 0 Å². The highest BCUT2D eigenvalue weighted by molar-refractivity contribution is 8.00. The summed E-state index contributed by atoms with van der Waals surface area (Å²) in [5.41, 5.74) is 0. The summed E-state index contributed by atoms with van der Waals surface area (Å²) in [5, 5.41) is 0.854. The summed E-state index contributed by atoms with van der Waals surface area (Å²) in [6.07, 6.45) is 8.53. The molecule has 1 aromatic rings. The second-order valence-corrected chi connectivity index (χ2v) is 1.89. The molecule has 0 saturated carbocycles. The number of hydrogen-bond acceptors (Lipinski definition) is 3. The molecule has 0 aromatic carbocycles. The van der Waals surface area contributed by atoms with Gasteiger partial charge in [0.1, 0.15) is 5.03 Å². The fraction of sp³-hybridized carbons (Fsp3) is 0. The Hall–Kier alpha value is -0.570. The molecule has 0 N–H and O–H groups in total. The minimum absolute atomic E-state index is 0.854. The van der Waals surface area contributed by atoms with Gasteiger partial charge in [-0.2, -0.15) is 0 Å². The van der Waals surface area contributed by atoms with Gasteiger partial charge in [0.15, 0.2) is 0 Å². The Morgan fingerprint density at radius 1 is 1.50 bits per heavy atom. The van der Waals surface area contributed by atoms with Crippen LogP contribution >= 0.6 is 11.8 Å². The Kier molecular flexibility index (Phi) is 1.86. The second-order valence-electron chi connectivity index (χ2n) is 1.19. The third-order valence-corrected chi connectivity index (χ3v) is 1.19. The summed E-state index contributed by atoms with van der Waals surface area (Å²) in [4.78, 5) is 7.77. The third kappa shape index (κ3) is 1.20. The first-order chi connectivity index (χ1) is 3.93. The quantitative estimate of drug-likeness (QED) is 0.530. The molecule has 1 radical (unpaired) electrons. The van der Waals surface area contributed by atoms with E-state index in [2.05, 4.69) is 16.2 Å². The van der Waals surface area contributed by atoms with Crippen LogP contribution in [0.2, 0.25) is 0 Å². The number of nitrogens with zero attached hydrogens (tertiary/aromatic N) is 2. The van der Waals surface area contributed by atoms with Crippen molar-refractivity contribution in [2.45, 2.75) is 5.03 Å². The lowest BCUT2D eigenvalue weighted by molar-refractivity contribution is 1.06. The molecule has 0 bridgehead atoms. The monoisotopic (exact) mass is 125 g/mol. The number of thioether (sulfide) groups is 1. The third-order valence-electron chi connectivity index (χ3n) is 0.687. The topological polar surface area (TPSA) is 25.8 Å². The molecular weight excluding hydrogens is 120 g/mol. The molecule has 0 saturated heterocycles. The van der Waals surface area contributed by atoms with Crippen molar-refractivity contribution >= 4 is 11.8 Å². The van der Waals surface area contributed by atoms with Crippen LogP contribution in [0.5, 0.6) is 0 Å². The van der Waals surface area contributed by atoms with Crippen molar-refractivity contribution in [3.05, 3.63) is 24.8 Å². The largest absolute Gasteiger partial charge is 0.260 e. The number of rotatable bonds is 1. The van der Waals surface area contributed by atoms with Crippen molar-refractivity contribution in [2.75, 3.05) is 0 Å². The normalized spacial score (nSPS) is 9.12. The molecule has 0 aliphatic carbocycles. The van der Waals surface area contributed by atoms with Crippen LogP contribution in [0.4, 0.5) is 0 Å². The fourth-order valence-corrected chi connectivity index (χ4v) is 0.631. The summed E-state index contributed by atoms with van der Waals surface area (Å²) in [6, 6.07) is 0. The highest BCUT2D eigenvalue weighted by atomic mass is 32.2. The molecule has 2 nitrogen and oxygen atoms in total. The first-order valence-corrected chi connectivity index (χ1v) is 3.10. The van der Waals surface area contributed by atoms with E-state index >= 15 is 0 Å². The summed E-state index contributed by atoms with van der Waals surface area (Å²) in [5.74, 6) is 0. The minimum Gasteiger partial charge on any atom is -0.260 e. The molecule has 8 heavy (non-hydrogen) atoms. The van der Waals surface area contributed by atoms with Gasteiger partial charge in [0, 0.05) is 18.6 Å². The fourth-order valence-electron chi connectivity index (χ4n) is 0.360. The van der Waals surface area contributed by atoms with Gasteiger partial charge in [-0.05, 0) is 0 Å². The number of hydrogen-bond donors (Lipinski definition) is 0. The van der Waals surface area contributed by atoms with E-state index in [1.54, 1.807) is 18.6 Å². The zero-order valence-corrected chi connectivity index (χ0v) is 5.06. The average Bonchev–Trinajstić information content (AvgIpc) is 1.90. The van der Waals surface area contributed by atoms with Gasteiger partial charge in [0.25, 0.3) is 0 Å². The van der Waals surface area contributed by atoms with Crippen molar-refractivity contribution in [2.24, 2.45) is 0 Å². The van der Waals surface area contributed by atoms with Gasteiger partial charge in [-0.25, -0.2) is 4.98 Å². The molecule has 3 heteroatoms. The van der Waals surface area contributed by atoms with E-state index in [0.29, 0.717) is 0 Å². The van der Waals surface area contributed by atoms with Gasteiger partial charge in [0.05, 0.1) is 6.20 Å². The Morgan fingerprint density at radius 3 is 2.75 bits per heavy atom. The van der Waals surface area contributed by atoms with E-state index in [-0.39, 0.29) is 0 Å². The maximum atomic E-state index is 3.94. The molecule has 0 aliphatic heterocycles. The SMILES string of the molecule is [CH2]Sc1cnccn1. The van der Waals surface area contributed by atoms with Crippen molar-refractivity contribution in [1.82, 2.24) is 9.97 Å².